The maximum absolute atomic E-state index is 14.3. The molecule has 8 heteroatoms. The maximum atomic E-state index is 14.3. The third-order valence-corrected chi connectivity index (χ3v) is 5.19. The molecule has 142 valence electrons. The molecule has 3 N–H and O–H groups in total. The number of nitrogens with two attached hydrogens (primary N) is 1. The minimum atomic E-state index is -0.929. The molecule has 1 aromatic carbocycles. The second-order valence-electron chi connectivity index (χ2n) is 6.66. The van der Waals surface area contributed by atoms with E-state index in [-0.39, 0.29) is 16.1 Å². The van der Waals surface area contributed by atoms with Gasteiger partial charge in [-0.25, -0.2) is 4.39 Å². The van der Waals surface area contributed by atoms with Crippen LogP contribution in [-0.4, -0.2) is 27.7 Å². The smallest absolute Gasteiger partial charge is 0.256 e. The topological polar surface area (TPSA) is 96.3 Å². The maximum Gasteiger partial charge on any atom is 0.256 e. The lowest BCUT2D eigenvalue weighted by Crippen LogP contribution is -2.48. The van der Waals surface area contributed by atoms with E-state index in [2.05, 4.69) is 4.98 Å². The third kappa shape index (κ3) is 3.47. The predicted octanol–water partition coefficient (Wildman–Crippen LogP) is 2.48. The van der Waals surface area contributed by atoms with E-state index in [1.54, 1.807) is 13.0 Å². The number of hydrogen-bond acceptors (Lipinski definition) is 3. The van der Waals surface area contributed by atoms with Gasteiger partial charge in [0, 0.05) is 16.8 Å². The molecule has 0 saturated carbocycles. The standard InChI is InChI=1S/C19H19ClFN3O3/c1-9-12(4-6-17(25)23-9)19(27)24(10(2)18(22)26)16-5-3-13-14(16)7-11(20)8-15(13)21/h4,6-8,10,16H,3,5H2,1-2H3,(H2,22,26)(H,23,25)/t10-,16-/m1/s1. The molecule has 1 aliphatic rings. The van der Waals surface area contributed by atoms with Crippen LogP contribution in [0, 0.1) is 12.7 Å². The second kappa shape index (κ2) is 7.15. The van der Waals surface area contributed by atoms with Gasteiger partial charge in [-0.2, -0.15) is 0 Å². The molecule has 2 amide bonds. The largest absolute Gasteiger partial charge is 0.368 e. The summed E-state index contributed by atoms with van der Waals surface area (Å²) in [6.45, 7) is 3.13. The second-order valence-corrected chi connectivity index (χ2v) is 7.10. The summed E-state index contributed by atoms with van der Waals surface area (Å²) in [5.74, 6) is -1.57. The van der Waals surface area contributed by atoms with Crippen molar-refractivity contribution < 1.29 is 14.0 Å². The van der Waals surface area contributed by atoms with Crippen molar-refractivity contribution in [2.45, 2.75) is 38.8 Å². The van der Waals surface area contributed by atoms with E-state index in [4.69, 9.17) is 17.3 Å². The molecule has 1 aromatic heterocycles. The highest BCUT2D eigenvalue weighted by molar-refractivity contribution is 6.30. The molecule has 0 aliphatic heterocycles. The highest BCUT2D eigenvalue weighted by Crippen LogP contribution is 2.40. The number of aromatic amines is 1. The average Bonchev–Trinajstić information content (AvgIpc) is 2.98. The number of amides is 2. The van der Waals surface area contributed by atoms with Crippen LogP contribution in [0.15, 0.2) is 29.1 Å². The van der Waals surface area contributed by atoms with Crippen LogP contribution in [0.4, 0.5) is 4.39 Å². The van der Waals surface area contributed by atoms with E-state index >= 15 is 0 Å². The molecule has 2 aromatic rings. The van der Waals surface area contributed by atoms with Gasteiger partial charge in [0.25, 0.3) is 5.91 Å². The zero-order valence-corrected chi connectivity index (χ0v) is 15.6. The summed E-state index contributed by atoms with van der Waals surface area (Å²) in [6, 6.07) is 4.03. The van der Waals surface area contributed by atoms with Crippen molar-refractivity contribution in [3.8, 4) is 0 Å². The Morgan fingerprint density at radius 3 is 2.70 bits per heavy atom. The van der Waals surface area contributed by atoms with Gasteiger partial charge in [0.05, 0.1) is 11.6 Å². The lowest BCUT2D eigenvalue weighted by Gasteiger charge is -2.34. The van der Waals surface area contributed by atoms with E-state index in [1.807, 2.05) is 0 Å². The number of halogens is 2. The number of aromatic nitrogens is 1. The number of nitrogens with one attached hydrogen (secondary N) is 1. The first-order valence-electron chi connectivity index (χ1n) is 8.50. The van der Waals surface area contributed by atoms with Crippen molar-refractivity contribution in [3.05, 3.63) is 67.8 Å². The molecule has 2 atom stereocenters. The minimum Gasteiger partial charge on any atom is -0.368 e. The molecule has 6 nitrogen and oxygen atoms in total. The Balaban J connectivity index is 2.11. The number of pyridine rings is 1. The summed E-state index contributed by atoms with van der Waals surface area (Å²) in [4.78, 5) is 40.5. The van der Waals surface area contributed by atoms with Crippen molar-refractivity contribution in [1.82, 2.24) is 9.88 Å². The monoisotopic (exact) mass is 391 g/mol. The Bertz CT molecular complexity index is 989. The Morgan fingerprint density at radius 2 is 2.07 bits per heavy atom. The van der Waals surface area contributed by atoms with Gasteiger partial charge < -0.3 is 15.6 Å². The van der Waals surface area contributed by atoms with Gasteiger partial charge in [-0.1, -0.05) is 11.6 Å². The summed E-state index contributed by atoms with van der Waals surface area (Å²) in [5.41, 5.74) is 6.82. The molecule has 0 saturated heterocycles. The molecule has 0 spiro atoms. The quantitative estimate of drug-likeness (QED) is 0.837. The molecular formula is C19H19ClFN3O3. The first-order chi connectivity index (χ1) is 12.7. The van der Waals surface area contributed by atoms with Crippen LogP contribution in [0.3, 0.4) is 0 Å². The first-order valence-corrected chi connectivity index (χ1v) is 8.88. The Kier molecular flexibility index (Phi) is 5.06. The van der Waals surface area contributed by atoms with Gasteiger partial charge in [-0.05, 0) is 56.0 Å². The number of primary amides is 1. The third-order valence-electron chi connectivity index (χ3n) is 4.97. The molecule has 0 unspecified atom stereocenters. The normalized spacial score (nSPS) is 16.7. The van der Waals surface area contributed by atoms with E-state index < -0.39 is 29.7 Å². The highest BCUT2D eigenvalue weighted by Gasteiger charge is 2.38. The summed E-state index contributed by atoms with van der Waals surface area (Å²) < 4.78 is 14.3. The fourth-order valence-electron chi connectivity index (χ4n) is 3.58. The number of rotatable bonds is 4. The van der Waals surface area contributed by atoms with Gasteiger partial charge >= 0.3 is 0 Å². The SMILES string of the molecule is Cc1[nH]c(=O)ccc1C(=O)N([C@H](C)C(N)=O)[C@@H]1CCc2c(F)cc(Cl)cc21. The van der Waals surface area contributed by atoms with Crippen LogP contribution in [0.2, 0.25) is 5.02 Å². The highest BCUT2D eigenvalue weighted by atomic mass is 35.5. The zero-order chi connectivity index (χ0) is 19.9. The van der Waals surface area contributed by atoms with Gasteiger partial charge in [-0.3, -0.25) is 14.4 Å². The van der Waals surface area contributed by atoms with Gasteiger partial charge in [0.15, 0.2) is 0 Å². The number of aryl methyl sites for hydroxylation is 1. The molecule has 1 aliphatic carbocycles. The first kappa shape index (κ1) is 19.1. The van der Waals surface area contributed by atoms with E-state index in [0.29, 0.717) is 29.7 Å². The van der Waals surface area contributed by atoms with Gasteiger partial charge in [0.2, 0.25) is 11.5 Å². The number of hydrogen-bond donors (Lipinski definition) is 2. The summed E-state index contributed by atoms with van der Waals surface area (Å²) >= 11 is 6.01. The van der Waals surface area contributed by atoms with Crippen LogP contribution >= 0.6 is 11.6 Å². The molecule has 0 radical (unpaired) electrons. The van der Waals surface area contributed by atoms with Crippen molar-refractivity contribution in [2.75, 3.05) is 0 Å². The number of nitrogens with zero attached hydrogens (tertiary/aromatic N) is 1. The molecule has 27 heavy (non-hydrogen) atoms. The van der Waals surface area contributed by atoms with Crippen molar-refractivity contribution >= 4 is 23.4 Å². The van der Waals surface area contributed by atoms with Crippen LogP contribution in [0.1, 0.15) is 46.6 Å². The zero-order valence-electron chi connectivity index (χ0n) is 14.9. The molecule has 1 heterocycles. The fourth-order valence-corrected chi connectivity index (χ4v) is 3.80. The predicted molar refractivity (Wildman–Crippen MR) is 99.1 cm³/mol. The Morgan fingerprint density at radius 1 is 1.37 bits per heavy atom. The summed E-state index contributed by atoms with van der Waals surface area (Å²) in [6.07, 6.45) is 0.862. The van der Waals surface area contributed by atoms with Gasteiger partial charge in [0.1, 0.15) is 11.9 Å². The molecule has 0 bridgehead atoms. The number of benzene rings is 1. The Hall–Kier alpha value is -2.67. The van der Waals surface area contributed by atoms with Gasteiger partial charge in [-0.15, -0.1) is 0 Å². The minimum absolute atomic E-state index is 0.220. The van der Waals surface area contributed by atoms with E-state index in [1.165, 1.54) is 30.0 Å². The number of carbonyl (C=O) groups excluding carboxylic acids is 2. The number of carbonyl (C=O) groups is 2. The van der Waals surface area contributed by atoms with Crippen LogP contribution in [-0.2, 0) is 11.2 Å². The molecule has 3 rings (SSSR count). The van der Waals surface area contributed by atoms with Crippen LogP contribution < -0.4 is 11.3 Å². The number of fused-ring (bicyclic) bond motifs is 1. The number of H-pyrrole nitrogens is 1. The van der Waals surface area contributed by atoms with E-state index in [0.717, 1.165) is 0 Å². The molecular weight excluding hydrogens is 373 g/mol. The summed E-state index contributed by atoms with van der Waals surface area (Å²) in [7, 11) is 0. The lowest BCUT2D eigenvalue weighted by atomic mass is 10.0. The van der Waals surface area contributed by atoms with Crippen molar-refractivity contribution in [3.63, 3.8) is 0 Å². The van der Waals surface area contributed by atoms with E-state index in [9.17, 15) is 18.8 Å². The van der Waals surface area contributed by atoms with Crippen molar-refractivity contribution in [2.24, 2.45) is 5.73 Å². The van der Waals surface area contributed by atoms with Crippen molar-refractivity contribution in [1.29, 1.82) is 0 Å². The summed E-state index contributed by atoms with van der Waals surface area (Å²) in [5, 5.41) is 0.220. The van der Waals surface area contributed by atoms with Crippen LogP contribution in [0.25, 0.3) is 0 Å². The average molecular weight is 392 g/mol. The molecule has 0 fully saturated rings. The van der Waals surface area contributed by atoms with Crippen LogP contribution in [0.5, 0.6) is 0 Å². The fraction of sp³-hybridized carbons (Fsp3) is 0.316. The Labute approximate surface area is 160 Å². The lowest BCUT2D eigenvalue weighted by molar-refractivity contribution is -0.122.